The van der Waals surface area contributed by atoms with Crippen molar-refractivity contribution in [2.24, 2.45) is 0 Å². The number of hydrogen-bond donors (Lipinski definition) is 0. The van der Waals surface area contributed by atoms with Crippen molar-refractivity contribution < 1.29 is 8.42 Å². The normalized spacial score (nSPS) is 29.6. The van der Waals surface area contributed by atoms with Crippen LogP contribution in [0.1, 0.15) is 0 Å². The standard InChI is InChI=1S/C10H10O2S3/c11-15(12,9-5-1-3-7-13-9)10-6-2-4-8-14-10/h1-10H. The molecular formula is C10H10O2S3. The molecule has 2 aliphatic heterocycles. The van der Waals surface area contributed by atoms with Gasteiger partial charge < -0.3 is 0 Å². The molecule has 0 saturated carbocycles. The van der Waals surface area contributed by atoms with Crippen molar-refractivity contribution in [3.63, 3.8) is 0 Å². The maximum Gasteiger partial charge on any atom is 0.182 e. The lowest BCUT2D eigenvalue weighted by Crippen LogP contribution is -2.25. The van der Waals surface area contributed by atoms with E-state index in [0.29, 0.717) is 0 Å². The van der Waals surface area contributed by atoms with Crippen LogP contribution in [-0.2, 0) is 9.84 Å². The molecule has 0 amide bonds. The summed E-state index contributed by atoms with van der Waals surface area (Å²) < 4.78 is 23.4. The average Bonchev–Trinajstić information content (AvgIpc) is 2.31. The van der Waals surface area contributed by atoms with Crippen molar-refractivity contribution in [2.75, 3.05) is 0 Å². The highest BCUT2D eigenvalue weighted by molar-refractivity contribution is 8.22. The molecule has 0 aliphatic carbocycles. The predicted molar refractivity (Wildman–Crippen MR) is 68.2 cm³/mol. The Bertz CT molecular complexity index is 407. The fourth-order valence-electron chi connectivity index (χ4n) is 1.24. The first-order valence-corrected chi connectivity index (χ1v) is 7.91. The van der Waals surface area contributed by atoms with E-state index in [-0.39, 0.29) is 0 Å². The van der Waals surface area contributed by atoms with Crippen molar-refractivity contribution in [3.05, 3.63) is 47.3 Å². The Balaban J connectivity index is 2.19. The second kappa shape index (κ2) is 4.63. The van der Waals surface area contributed by atoms with Crippen LogP contribution in [0.5, 0.6) is 0 Å². The Hall–Kier alpha value is -0.390. The van der Waals surface area contributed by atoms with E-state index in [9.17, 15) is 8.42 Å². The zero-order chi connectivity index (χ0) is 10.7. The first-order chi connectivity index (χ1) is 7.21. The summed E-state index contributed by atoms with van der Waals surface area (Å²) in [6, 6.07) is 0. The van der Waals surface area contributed by atoms with Gasteiger partial charge in [0.25, 0.3) is 0 Å². The Morgan fingerprint density at radius 1 is 0.800 bits per heavy atom. The summed E-state index contributed by atoms with van der Waals surface area (Å²) in [6.45, 7) is 0. The van der Waals surface area contributed by atoms with Crippen molar-refractivity contribution in [1.29, 1.82) is 0 Å². The van der Waals surface area contributed by atoms with Gasteiger partial charge in [-0.15, -0.1) is 23.5 Å². The second-order valence-electron chi connectivity index (χ2n) is 3.02. The summed E-state index contributed by atoms with van der Waals surface area (Å²) in [5, 5.41) is 3.63. The summed E-state index contributed by atoms with van der Waals surface area (Å²) in [6.07, 6.45) is 10.7. The molecule has 2 unspecified atom stereocenters. The van der Waals surface area contributed by atoms with Crippen molar-refractivity contribution in [3.8, 4) is 0 Å². The van der Waals surface area contributed by atoms with Crippen LogP contribution in [0.2, 0.25) is 0 Å². The summed E-state index contributed by atoms with van der Waals surface area (Å²) in [5.74, 6) is 0. The van der Waals surface area contributed by atoms with Crippen LogP contribution in [0.4, 0.5) is 0 Å². The van der Waals surface area contributed by atoms with Crippen LogP contribution in [0.25, 0.3) is 0 Å². The van der Waals surface area contributed by atoms with Crippen molar-refractivity contribution >= 4 is 33.4 Å². The minimum Gasteiger partial charge on any atom is -0.226 e. The lowest BCUT2D eigenvalue weighted by atomic mass is 10.5. The van der Waals surface area contributed by atoms with Crippen LogP contribution in [0, 0.1) is 0 Å². The molecule has 0 radical (unpaired) electrons. The fourth-order valence-corrected chi connectivity index (χ4v) is 5.72. The Morgan fingerprint density at radius 2 is 1.27 bits per heavy atom. The molecule has 0 bridgehead atoms. The summed E-state index contributed by atoms with van der Waals surface area (Å²) in [7, 11) is -3.14. The molecule has 0 saturated heterocycles. The summed E-state index contributed by atoms with van der Waals surface area (Å²) in [4.78, 5) is 0. The molecule has 2 aliphatic rings. The highest BCUT2D eigenvalue weighted by atomic mass is 32.3. The van der Waals surface area contributed by atoms with E-state index in [1.54, 1.807) is 24.3 Å². The quantitative estimate of drug-likeness (QED) is 0.762. The average molecular weight is 258 g/mol. The van der Waals surface area contributed by atoms with E-state index < -0.39 is 19.0 Å². The molecule has 2 rings (SSSR count). The number of hydrogen-bond acceptors (Lipinski definition) is 4. The van der Waals surface area contributed by atoms with Gasteiger partial charge in [-0.25, -0.2) is 8.42 Å². The van der Waals surface area contributed by atoms with E-state index in [4.69, 9.17) is 0 Å². The van der Waals surface area contributed by atoms with Gasteiger partial charge in [0.05, 0.1) is 0 Å². The molecule has 0 aromatic rings. The van der Waals surface area contributed by atoms with Gasteiger partial charge in [0.15, 0.2) is 9.84 Å². The van der Waals surface area contributed by atoms with Gasteiger partial charge in [0.1, 0.15) is 9.16 Å². The molecule has 80 valence electrons. The topological polar surface area (TPSA) is 34.1 Å². The van der Waals surface area contributed by atoms with Crippen LogP contribution in [0.15, 0.2) is 47.3 Å². The second-order valence-corrected chi connectivity index (χ2v) is 7.92. The number of allylic oxidation sites excluding steroid dienone is 4. The molecule has 0 spiro atoms. The van der Waals surface area contributed by atoms with E-state index in [2.05, 4.69) is 0 Å². The van der Waals surface area contributed by atoms with Crippen LogP contribution in [-0.4, -0.2) is 17.6 Å². The zero-order valence-corrected chi connectivity index (χ0v) is 10.3. The monoisotopic (exact) mass is 258 g/mol. The van der Waals surface area contributed by atoms with Gasteiger partial charge in [-0.1, -0.05) is 36.5 Å². The highest BCUT2D eigenvalue weighted by Crippen LogP contribution is 2.33. The first kappa shape index (κ1) is 11.1. The first-order valence-electron chi connectivity index (χ1n) is 4.41. The lowest BCUT2D eigenvalue weighted by Gasteiger charge is -2.19. The lowest BCUT2D eigenvalue weighted by molar-refractivity contribution is 0.598. The minimum atomic E-state index is -3.14. The molecule has 2 heterocycles. The largest absolute Gasteiger partial charge is 0.226 e. The van der Waals surface area contributed by atoms with Gasteiger partial charge in [-0.05, 0) is 10.8 Å². The summed E-state index contributed by atoms with van der Waals surface area (Å²) >= 11 is 2.67. The zero-order valence-electron chi connectivity index (χ0n) is 7.81. The molecular weight excluding hydrogens is 248 g/mol. The molecule has 0 aromatic heterocycles. The molecule has 15 heavy (non-hydrogen) atoms. The third-order valence-electron chi connectivity index (χ3n) is 1.99. The third-order valence-corrected chi connectivity index (χ3v) is 7.35. The Labute approximate surface area is 98.1 Å². The fraction of sp³-hybridized carbons (Fsp3) is 0.200. The smallest absolute Gasteiger partial charge is 0.182 e. The van der Waals surface area contributed by atoms with Gasteiger partial charge in [0, 0.05) is 0 Å². The van der Waals surface area contributed by atoms with Gasteiger partial charge in [-0.3, -0.25) is 0 Å². The van der Waals surface area contributed by atoms with Gasteiger partial charge >= 0.3 is 0 Å². The molecule has 2 nitrogen and oxygen atoms in total. The highest BCUT2D eigenvalue weighted by Gasteiger charge is 2.31. The number of thioether (sulfide) groups is 2. The Kier molecular flexibility index (Phi) is 3.43. The van der Waals surface area contributed by atoms with Crippen molar-refractivity contribution in [1.82, 2.24) is 0 Å². The Morgan fingerprint density at radius 3 is 1.60 bits per heavy atom. The maximum atomic E-state index is 12.1. The van der Waals surface area contributed by atoms with Crippen LogP contribution in [0.3, 0.4) is 0 Å². The molecule has 0 fully saturated rings. The van der Waals surface area contributed by atoms with E-state index in [1.807, 2.05) is 23.0 Å². The van der Waals surface area contributed by atoms with E-state index in [0.717, 1.165) is 0 Å². The van der Waals surface area contributed by atoms with Crippen LogP contribution < -0.4 is 0 Å². The van der Waals surface area contributed by atoms with Gasteiger partial charge in [0.2, 0.25) is 0 Å². The third kappa shape index (κ3) is 2.41. The van der Waals surface area contributed by atoms with E-state index >= 15 is 0 Å². The van der Waals surface area contributed by atoms with Crippen molar-refractivity contribution in [2.45, 2.75) is 9.16 Å². The molecule has 2 atom stereocenters. The number of sulfone groups is 1. The predicted octanol–water partition coefficient (Wildman–Crippen LogP) is 2.69. The molecule has 0 aromatic carbocycles. The molecule has 5 heteroatoms. The van der Waals surface area contributed by atoms with E-state index in [1.165, 1.54) is 23.5 Å². The van der Waals surface area contributed by atoms with Crippen LogP contribution >= 0.6 is 23.5 Å². The maximum absolute atomic E-state index is 12.1. The SMILES string of the molecule is O=S(=O)(C1C=CC=CS1)C1C=CC=CS1. The summed E-state index contributed by atoms with van der Waals surface area (Å²) in [5.41, 5.74) is 0. The minimum absolute atomic E-state index is 0.448. The number of rotatable bonds is 2. The molecule has 0 N–H and O–H groups in total. The van der Waals surface area contributed by atoms with Gasteiger partial charge in [-0.2, -0.15) is 0 Å².